The van der Waals surface area contributed by atoms with Crippen LogP contribution in [-0.4, -0.2) is 57.2 Å². The Balaban J connectivity index is 1.78. The van der Waals surface area contributed by atoms with Crippen LogP contribution >= 0.6 is 12.6 Å². The average Bonchev–Trinajstić information content (AvgIpc) is 3.18. The molecular weight excluding hydrogens is 421 g/mol. The number of rotatable bonds is 8. The van der Waals surface area contributed by atoms with Crippen LogP contribution in [0.2, 0.25) is 0 Å². The molecule has 3 rings (SSSR count). The zero-order valence-electron chi connectivity index (χ0n) is 17.3. The van der Waals surface area contributed by atoms with Crippen LogP contribution in [0.25, 0.3) is 6.08 Å². The summed E-state index contributed by atoms with van der Waals surface area (Å²) in [5, 5.41) is 13.0. The maximum Gasteiger partial charge on any atom is 0.327 e. The molecule has 1 N–H and O–H groups in total. The highest BCUT2D eigenvalue weighted by Crippen LogP contribution is 2.32. The third kappa shape index (κ3) is 5.95. The first-order valence-electron chi connectivity index (χ1n) is 10.1. The van der Waals surface area contributed by atoms with Crippen molar-refractivity contribution < 1.29 is 23.8 Å². The number of carboxylic acids is 1. The third-order valence-corrected chi connectivity index (χ3v) is 5.87. The van der Waals surface area contributed by atoms with Crippen molar-refractivity contribution in [2.45, 2.75) is 37.1 Å². The van der Waals surface area contributed by atoms with Crippen LogP contribution in [0, 0.1) is 5.82 Å². The predicted octanol–water partition coefficient (Wildman–Crippen LogP) is 3.19. The number of hydrogen-bond donors (Lipinski definition) is 2. The Bertz CT molecular complexity index is 962. The number of piperidine rings is 1. The van der Waals surface area contributed by atoms with Crippen LogP contribution in [-0.2, 0) is 20.9 Å². The first-order chi connectivity index (χ1) is 14.9. The van der Waals surface area contributed by atoms with E-state index in [4.69, 9.17) is 9.84 Å². The average molecular weight is 448 g/mol. The number of likely N-dealkylation sites (tertiary alicyclic amines) is 1. The van der Waals surface area contributed by atoms with Gasteiger partial charge in [-0.2, -0.15) is 17.7 Å². The SMILES string of the molecule is COC(=O)C(c1ccccc1F)N1CCC(S)C(=Cc2cnn(CCCC(=O)O)c2)C1. The van der Waals surface area contributed by atoms with Gasteiger partial charge < -0.3 is 9.84 Å². The number of benzene rings is 1. The van der Waals surface area contributed by atoms with Crippen molar-refractivity contribution in [3.8, 4) is 0 Å². The number of nitrogens with zero attached hydrogens (tertiary/aromatic N) is 3. The minimum Gasteiger partial charge on any atom is -0.481 e. The van der Waals surface area contributed by atoms with E-state index in [-0.39, 0.29) is 17.2 Å². The van der Waals surface area contributed by atoms with Gasteiger partial charge in [-0.25, -0.2) is 9.18 Å². The molecule has 0 spiro atoms. The zero-order valence-corrected chi connectivity index (χ0v) is 18.2. The van der Waals surface area contributed by atoms with E-state index in [0.717, 1.165) is 11.1 Å². The Morgan fingerprint density at radius 1 is 1.42 bits per heavy atom. The molecule has 0 bridgehead atoms. The summed E-state index contributed by atoms with van der Waals surface area (Å²) < 4.78 is 21.1. The lowest BCUT2D eigenvalue weighted by molar-refractivity contribution is -0.147. The largest absolute Gasteiger partial charge is 0.481 e. The second-order valence-electron chi connectivity index (χ2n) is 7.48. The van der Waals surface area contributed by atoms with Gasteiger partial charge >= 0.3 is 11.9 Å². The van der Waals surface area contributed by atoms with E-state index in [9.17, 15) is 14.0 Å². The Morgan fingerprint density at radius 2 is 2.19 bits per heavy atom. The predicted molar refractivity (Wildman–Crippen MR) is 117 cm³/mol. The highest BCUT2D eigenvalue weighted by Gasteiger charge is 2.34. The van der Waals surface area contributed by atoms with Crippen LogP contribution in [0.1, 0.15) is 36.4 Å². The van der Waals surface area contributed by atoms with Crippen LogP contribution < -0.4 is 0 Å². The molecule has 1 aliphatic heterocycles. The molecule has 1 saturated heterocycles. The highest BCUT2D eigenvalue weighted by atomic mass is 32.1. The lowest BCUT2D eigenvalue weighted by Crippen LogP contribution is -2.42. The summed E-state index contributed by atoms with van der Waals surface area (Å²) in [6.07, 6.45) is 6.82. The van der Waals surface area contributed by atoms with Crippen molar-refractivity contribution in [1.82, 2.24) is 14.7 Å². The van der Waals surface area contributed by atoms with Crippen molar-refractivity contribution >= 4 is 30.6 Å². The van der Waals surface area contributed by atoms with Crippen LogP contribution in [0.15, 0.2) is 42.2 Å². The summed E-state index contributed by atoms with van der Waals surface area (Å²) >= 11 is 4.69. The van der Waals surface area contributed by atoms with E-state index >= 15 is 0 Å². The zero-order chi connectivity index (χ0) is 22.4. The molecule has 0 amide bonds. The third-order valence-electron chi connectivity index (χ3n) is 5.28. The summed E-state index contributed by atoms with van der Waals surface area (Å²) in [7, 11) is 1.30. The number of aromatic nitrogens is 2. The van der Waals surface area contributed by atoms with Gasteiger partial charge in [0.1, 0.15) is 11.9 Å². The van der Waals surface area contributed by atoms with Gasteiger partial charge in [-0.1, -0.05) is 24.3 Å². The number of thiol groups is 1. The normalized spacial score (nSPS) is 19.3. The van der Waals surface area contributed by atoms with E-state index in [2.05, 4.69) is 17.7 Å². The fraction of sp³-hybridized carbons (Fsp3) is 0.409. The summed E-state index contributed by atoms with van der Waals surface area (Å²) in [6, 6.07) is 5.40. The van der Waals surface area contributed by atoms with Crippen molar-refractivity contribution in [3.63, 3.8) is 0 Å². The molecule has 0 radical (unpaired) electrons. The highest BCUT2D eigenvalue weighted by molar-refractivity contribution is 7.81. The number of halogens is 1. The lowest BCUT2D eigenvalue weighted by atomic mass is 9.97. The molecule has 1 aliphatic rings. The molecule has 1 aromatic heterocycles. The van der Waals surface area contributed by atoms with E-state index < -0.39 is 23.8 Å². The number of aryl methyl sites for hydroxylation is 1. The topological polar surface area (TPSA) is 84.7 Å². The number of methoxy groups -OCH3 is 1. The van der Waals surface area contributed by atoms with E-state index in [1.165, 1.54) is 13.2 Å². The molecule has 1 fully saturated rings. The fourth-order valence-corrected chi connectivity index (χ4v) is 3.99. The number of esters is 1. The van der Waals surface area contributed by atoms with Crippen molar-refractivity contribution in [3.05, 3.63) is 59.2 Å². The van der Waals surface area contributed by atoms with Crippen LogP contribution in [0.4, 0.5) is 4.39 Å². The van der Waals surface area contributed by atoms with Gasteiger partial charge in [-0.05, 0) is 24.5 Å². The molecule has 2 atom stereocenters. The van der Waals surface area contributed by atoms with Gasteiger partial charge in [0.25, 0.3) is 0 Å². The quantitative estimate of drug-likeness (QED) is 0.478. The Labute approximate surface area is 185 Å². The molecule has 1 aromatic carbocycles. The summed E-state index contributed by atoms with van der Waals surface area (Å²) in [5.41, 5.74) is 2.15. The number of aliphatic carboxylic acids is 1. The van der Waals surface area contributed by atoms with E-state index in [1.54, 1.807) is 29.1 Å². The van der Waals surface area contributed by atoms with E-state index in [0.29, 0.717) is 32.5 Å². The van der Waals surface area contributed by atoms with Gasteiger partial charge in [0.05, 0.1) is 13.3 Å². The molecule has 9 heteroatoms. The van der Waals surface area contributed by atoms with Gasteiger partial charge in [0, 0.05) is 48.6 Å². The van der Waals surface area contributed by atoms with Gasteiger partial charge in [0.2, 0.25) is 0 Å². The monoisotopic (exact) mass is 447 g/mol. The maximum absolute atomic E-state index is 14.5. The van der Waals surface area contributed by atoms with Gasteiger partial charge in [-0.3, -0.25) is 14.4 Å². The number of hydrogen-bond acceptors (Lipinski definition) is 6. The van der Waals surface area contributed by atoms with Crippen LogP contribution in [0.5, 0.6) is 0 Å². The molecule has 0 aliphatic carbocycles. The molecule has 166 valence electrons. The van der Waals surface area contributed by atoms with Crippen LogP contribution in [0.3, 0.4) is 0 Å². The number of carboxylic acid groups (broad SMARTS) is 1. The molecule has 2 unspecified atom stereocenters. The minimum atomic E-state index is -0.839. The fourth-order valence-electron chi connectivity index (χ4n) is 3.72. The number of ether oxygens (including phenoxy) is 1. The summed E-state index contributed by atoms with van der Waals surface area (Å²) in [6.45, 7) is 1.53. The second-order valence-corrected chi connectivity index (χ2v) is 8.10. The molecule has 0 saturated carbocycles. The smallest absolute Gasteiger partial charge is 0.327 e. The number of carbonyl (C=O) groups excluding carboxylic acids is 1. The van der Waals surface area contributed by atoms with Crippen molar-refractivity contribution in [1.29, 1.82) is 0 Å². The Kier molecular flexibility index (Phi) is 7.86. The van der Waals surface area contributed by atoms with Crippen molar-refractivity contribution in [2.24, 2.45) is 0 Å². The summed E-state index contributed by atoms with van der Waals surface area (Å²) in [5.74, 6) is -1.78. The standard InChI is InChI=1S/C22H26FN3O4S/c1-30-22(29)21(17-5-2-3-6-18(17)23)25-10-8-19(31)16(14-25)11-15-12-24-26(13-15)9-4-7-20(27)28/h2-3,5-6,11-13,19,21,31H,4,7-10,14H2,1H3,(H,27,28). The van der Waals surface area contributed by atoms with E-state index in [1.807, 2.05) is 17.2 Å². The lowest BCUT2D eigenvalue weighted by Gasteiger charge is -2.36. The van der Waals surface area contributed by atoms with Gasteiger partial charge in [0.15, 0.2) is 0 Å². The molecular formula is C22H26FN3O4S. The first-order valence-corrected chi connectivity index (χ1v) is 10.6. The van der Waals surface area contributed by atoms with Crippen molar-refractivity contribution in [2.75, 3.05) is 20.2 Å². The molecule has 2 aromatic rings. The Hall–Kier alpha value is -2.65. The second kappa shape index (κ2) is 10.6. The molecule has 2 heterocycles. The molecule has 7 nitrogen and oxygen atoms in total. The molecule has 31 heavy (non-hydrogen) atoms. The minimum absolute atomic E-state index is 0.00512. The van der Waals surface area contributed by atoms with Gasteiger partial charge in [-0.15, -0.1) is 0 Å². The first kappa shape index (κ1) is 23.0. The maximum atomic E-state index is 14.5. The summed E-state index contributed by atoms with van der Waals surface area (Å²) in [4.78, 5) is 25.1. The number of carbonyl (C=O) groups is 2. The Morgan fingerprint density at radius 3 is 2.90 bits per heavy atom.